The first-order valence-corrected chi connectivity index (χ1v) is 13.7. The number of nitrogens with one attached hydrogen (secondary N) is 3. The maximum atomic E-state index is 13.7. The summed E-state index contributed by atoms with van der Waals surface area (Å²) in [5.41, 5.74) is 17.1. The fourth-order valence-corrected chi connectivity index (χ4v) is 5.09. The summed E-state index contributed by atoms with van der Waals surface area (Å²) in [6.45, 7) is 1.98. The molecule has 3 aromatic carbocycles. The van der Waals surface area contributed by atoms with Crippen molar-refractivity contribution in [3.8, 4) is 5.75 Å². The number of carbonyl (C=O) groups excluding carboxylic acids is 2. The SMILES string of the molecule is CC(Oc1cccc(Cl)c1)C(=O)N(Cc1ccc(C(=O)NC(N=N)N=N)cc1)c1ccc(C2CCCCC2)cc1. The average Bonchev–Trinajstić information content (AvgIpc) is 2.99. The second kappa shape index (κ2) is 13.8. The van der Waals surface area contributed by atoms with Gasteiger partial charge in [0.15, 0.2) is 6.10 Å². The van der Waals surface area contributed by atoms with Crippen molar-refractivity contribution in [2.45, 2.75) is 63.9 Å². The van der Waals surface area contributed by atoms with Crippen LogP contribution in [-0.4, -0.2) is 24.2 Å². The average molecular weight is 561 g/mol. The monoisotopic (exact) mass is 560 g/mol. The Labute approximate surface area is 238 Å². The van der Waals surface area contributed by atoms with Crippen molar-refractivity contribution >= 4 is 29.1 Å². The molecule has 1 atom stereocenters. The molecule has 0 aromatic heterocycles. The number of anilines is 1. The van der Waals surface area contributed by atoms with Gasteiger partial charge in [0.2, 0.25) is 0 Å². The molecule has 3 N–H and O–H groups in total. The molecule has 40 heavy (non-hydrogen) atoms. The Morgan fingerprint density at radius 3 is 2.30 bits per heavy atom. The van der Waals surface area contributed by atoms with Gasteiger partial charge < -0.3 is 15.0 Å². The van der Waals surface area contributed by atoms with Gasteiger partial charge in [0.25, 0.3) is 18.1 Å². The minimum absolute atomic E-state index is 0.218. The molecule has 1 aliphatic carbocycles. The van der Waals surface area contributed by atoms with E-state index >= 15 is 0 Å². The second-order valence-electron chi connectivity index (χ2n) is 9.87. The normalized spacial score (nSPS) is 14.9. The van der Waals surface area contributed by atoms with E-state index in [-0.39, 0.29) is 12.5 Å². The van der Waals surface area contributed by atoms with Gasteiger partial charge in [-0.25, -0.2) is 11.1 Å². The standard InChI is InChI=1S/C30H33ClN6O3/c1-20(40-27-9-5-8-25(31)18-27)29(39)37(26-16-14-23(15-17-26)22-6-3-2-4-7-22)19-21-10-12-24(13-11-21)28(38)34-30(35-32)36-33/h5,8-18,20,22,30,32-33H,2-4,6-7,19H2,1H3,(H,34,38). The molecule has 0 heterocycles. The molecule has 1 saturated carbocycles. The summed E-state index contributed by atoms with van der Waals surface area (Å²) < 4.78 is 5.95. The van der Waals surface area contributed by atoms with Crippen LogP contribution >= 0.6 is 11.6 Å². The Morgan fingerprint density at radius 1 is 1.00 bits per heavy atom. The molecule has 0 spiro atoms. The highest BCUT2D eigenvalue weighted by atomic mass is 35.5. The highest BCUT2D eigenvalue weighted by Gasteiger charge is 2.25. The Bertz CT molecular complexity index is 1320. The number of rotatable bonds is 11. The van der Waals surface area contributed by atoms with Crippen molar-refractivity contribution in [2.24, 2.45) is 10.2 Å². The molecule has 4 rings (SSSR count). The number of carbonyl (C=O) groups is 2. The summed E-state index contributed by atoms with van der Waals surface area (Å²) in [6, 6.07) is 21.9. The van der Waals surface area contributed by atoms with Crippen LogP contribution in [0.15, 0.2) is 83.0 Å². The highest BCUT2D eigenvalue weighted by Crippen LogP contribution is 2.34. The molecule has 0 aliphatic heterocycles. The van der Waals surface area contributed by atoms with Crippen LogP contribution in [0.2, 0.25) is 5.02 Å². The van der Waals surface area contributed by atoms with Gasteiger partial charge >= 0.3 is 0 Å². The molecule has 208 valence electrons. The molecule has 1 unspecified atom stereocenters. The van der Waals surface area contributed by atoms with Crippen LogP contribution in [0.5, 0.6) is 5.75 Å². The van der Waals surface area contributed by atoms with Gasteiger partial charge in [-0.05, 0) is 79.3 Å². The lowest BCUT2D eigenvalue weighted by Crippen LogP contribution is -2.40. The van der Waals surface area contributed by atoms with Gasteiger partial charge in [-0.1, -0.05) is 61.2 Å². The number of hydrogen-bond donors (Lipinski definition) is 3. The van der Waals surface area contributed by atoms with Crippen LogP contribution in [0, 0.1) is 11.1 Å². The molecule has 0 radical (unpaired) electrons. The van der Waals surface area contributed by atoms with Crippen molar-refractivity contribution in [3.05, 3.63) is 94.5 Å². The predicted octanol–water partition coefficient (Wildman–Crippen LogP) is 7.46. The second-order valence-corrected chi connectivity index (χ2v) is 10.3. The van der Waals surface area contributed by atoms with E-state index in [0.29, 0.717) is 22.3 Å². The zero-order chi connectivity index (χ0) is 28.5. The number of benzene rings is 3. The molecule has 0 saturated heterocycles. The van der Waals surface area contributed by atoms with Gasteiger partial charge in [0.1, 0.15) is 5.75 Å². The van der Waals surface area contributed by atoms with Crippen molar-refractivity contribution in [1.82, 2.24) is 5.32 Å². The topological polar surface area (TPSA) is 131 Å². The molecular weight excluding hydrogens is 528 g/mol. The fourth-order valence-electron chi connectivity index (χ4n) is 4.91. The lowest BCUT2D eigenvalue weighted by atomic mass is 9.84. The third kappa shape index (κ3) is 7.51. The predicted molar refractivity (Wildman–Crippen MR) is 153 cm³/mol. The van der Waals surface area contributed by atoms with E-state index in [1.54, 1.807) is 60.4 Å². The zero-order valence-corrected chi connectivity index (χ0v) is 23.1. The first-order valence-electron chi connectivity index (χ1n) is 13.3. The summed E-state index contributed by atoms with van der Waals surface area (Å²) in [7, 11) is 0. The largest absolute Gasteiger partial charge is 0.481 e. The van der Waals surface area contributed by atoms with Crippen LogP contribution < -0.4 is 15.0 Å². The highest BCUT2D eigenvalue weighted by molar-refractivity contribution is 6.30. The van der Waals surface area contributed by atoms with Gasteiger partial charge in [-0.3, -0.25) is 9.59 Å². The van der Waals surface area contributed by atoms with Crippen molar-refractivity contribution in [1.29, 1.82) is 11.1 Å². The maximum Gasteiger partial charge on any atom is 0.268 e. The number of nitrogens with zero attached hydrogens (tertiary/aromatic N) is 3. The van der Waals surface area contributed by atoms with E-state index in [9.17, 15) is 9.59 Å². The first-order chi connectivity index (χ1) is 19.4. The lowest BCUT2D eigenvalue weighted by Gasteiger charge is -2.28. The van der Waals surface area contributed by atoms with E-state index in [2.05, 4.69) is 27.7 Å². The van der Waals surface area contributed by atoms with Gasteiger partial charge in [-0.2, -0.15) is 0 Å². The molecular formula is C30H33ClN6O3. The Hall–Kier alpha value is -4.11. The summed E-state index contributed by atoms with van der Waals surface area (Å²) in [4.78, 5) is 27.8. The number of amides is 2. The molecule has 0 bridgehead atoms. The Morgan fingerprint density at radius 2 is 1.68 bits per heavy atom. The lowest BCUT2D eigenvalue weighted by molar-refractivity contribution is -0.124. The fraction of sp³-hybridized carbons (Fsp3) is 0.333. The molecule has 2 amide bonds. The van der Waals surface area contributed by atoms with E-state index in [4.69, 9.17) is 27.4 Å². The third-order valence-corrected chi connectivity index (χ3v) is 7.30. The van der Waals surface area contributed by atoms with Crippen molar-refractivity contribution < 1.29 is 14.3 Å². The summed E-state index contributed by atoms with van der Waals surface area (Å²) in [6.07, 6.45) is 4.15. The van der Waals surface area contributed by atoms with Gasteiger partial charge in [0, 0.05) is 16.3 Å². The minimum atomic E-state index is -1.25. The van der Waals surface area contributed by atoms with Crippen molar-refractivity contribution in [2.75, 3.05) is 4.90 Å². The summed E-state index contributed by atoms with van der Waals surface area (Å²) >= 11 is 6.10. The summed E-state index contributed by atoms with van der Waals surface area (Å²) in [5, 5.41) is 9.04. The molecule has 9 nitrogen and oxygen atoms in total. The van der Waals surface area contributed by atoms with E-state index < -0.39 is 18.3 Å². The zero-order valence-electron chi connectivity index (χ0n) is 22.3. The van der Waals surface area contributed by atoms with Gasteiger partial charge in [-0.15, -0.1) is 10.2 Å². The van der Waals surface area contributed by atoms with Crippen LogP contribution in [0.3, 0.4) is 0 Å². The smallest absolute Gasteiger partial charge is 0.268 e. The van der Waals surface area contributed by atoms with Crippen LogP contribution in [0.4, 0.5) is 5.69 Å². The van der Waals surface area contributed by atoms with Crippen molar-refractivity contribution in [3.63, 3.8) is 0 Å². The number of hydrogen-bond acceptors (Lipinski definition) is 7. The molecule has 3 aromatic rings. The van der Waals surface area contributed by atoms with Crippen LogP contribution in [-0.2, 0) is 11.3 Å². The Kier molecular flexibility index (Phi) is 9.96. The van der Waals surface area contributed by atoms with Crippen LogP contribution in [0.25, 0.3) is 0 Å². The Balaban J connectivity index is 1.55. The first kappa shape index (κ1) is 28.9. The number of ether oxygens (including phenoxy) is 1. The minimum Gasteiger partial charge on any atom is -0.481 e. The molecule has 1 fully saturated rings. The third-order valence-electron chi connectivity index (χ3n) is 7.07. The molecule has 10 heteroatoms. The molecule has 1 aliphatic rings. The van der Waals surface area contributed by atoms with E-state index in [1.165, 1.54) is 37.7 Å². The van der Waals surface area contributed by atoms with Crippen LogP contribution in [0.1, 0.15) is 66.4 Å². The maximum absolute atomic E-state index is 13.7. The van der Waals surface area contributed by atoms with E-state index in [0.717, 1.165) is 11.3 Å². The quantitative estimate of drug-likeness (QED) is 0.210. The summed E-state index contributed by atoms with van der Waals surface area (Å²) in [5.74, 6) is 0.344. The number of halogens is 1. The van der Waals surface area contributed by atoms with Gasteiger partial charge in [0.05, 0.1) is 6.54 Å². The van der Waals surface area contributed by atoms with E-state index in [1.807, 2.05) is 12.1 Å².